The van der Waals surface area contributed by atoms with Gasteiger partial charge in [0.05, 0.1) is 5.69 Å². The average molecular weight is 259 g/mol. The zero-order chi connectivity index (χ0) is 13.7. The standard InChI is InChI=1S/C15H21N3O/c1-3-4-10-16-15(19)9-8-13-12(2)17-14-7-5-6-11-18(13)14/h5-7,11H,3-4,8-10H2,1-2H3,(H,16,19). The molecule has 0 bridgehead atoms. The third-order valence-corrected chi connectivity index (χ3v) is 3.27. The minimum Gasteiger partial charge on any atom is -0.356 e. The van der Waals surface area contributed by atoms with Crippen molar-refractivity contribution in [2.24, 2.45) is 0 Å². The first-order valence-electron chi connectivity index (χ1n) is 6.91. The number of hydrogen-bond acceptors (Lipinski definition) is 2. The molecule has 0 aliphatic carbocycles. The summed E-state index contributed by atoms with van der Waals surface area (Å²) in [4.78, 5) is 16.2. The van der Waals surface area contributed by atoms with Crippen molar-refractivity contribution in [1.29, 1.82) is 0 Å². The molecule has 102 valence electrons. The highest BCUT2D eigenvalue weighted by atomic mass is 16.1. The van der Waals surface area contributed by atoms with Crippen LogP contribution in [0.25, 0.3) is 5.65 Å². The molecule has 1 N–H and O–H groups in total. The van der Waals surface area contributed by atoms with Gasteiger partial charge in [0.1, 0.15) is 5.65 Å². The molecule has 4 heteroatoms. The molecular weight excluding hydrogens is 238 g/mol. The minimum atomic E-state index is 0.124. The van der Waals surface area contributed by atoms with Crippen LogP contribution in [0.5, 0.6) is 0 Å². The Hall–Kier alpha value is -1.84. The van der Waals surface area contributed by atoms with Gasteiger partial charge in [-0.15, -0.1) is 0 Å². The molecule has 0 atom stereocenters. The summed E-state index contributed by atoms with van der Waals surface area (Å²) in [5, 5.41) is 2.94. The van der Waals surface area contributed by atoms with Crippen molar-refractivity contribution in [2.75, 3.05) is 6.54 Å². The van der Waals surface area contributed by atoms with Crippen LogP contribution in [0.1, 0.15) is 37.6 Å². The van der Waals surface area contributed by atoms with Crippen LogP contribution >= 0.6 is 0 Å². The van der Waals surface area contributed by atoms with Crippen LogP contribution in [0.3, 0.4) is 0 Å². The van der Waals surface area contributed by atoms with Crippen LogP contribution in [-0.2, 0) is 11.2 Å². The number of unbranched alkanes of at least 4 members (excludes halogenated alkanes) is 1. The van der Waals surface area contributed by atoms with Crippen molar-refractivity contribution < 1.29 is 4.79 Å². The lowest BCUT2D eigenvalue weighted by Crippen LogP contribution is -2.24. The molecule has 1 amide bonds. The van der Waals surface area contributed by atoms with E-state index in [9.17, 15) is 4.79 Å². The third-order valence-electron chi connectivity index (χ3n) is 3.27. The van der Waals surface area contributed by atoms with Crippen LogP contribution in [-0.4, -0.2) is 21.8 Å². The van der Waals surface area contributed by atoms with Gasteiger partial charge in [0.2, 0.25) is 5.91 Å². The van der Waals surface area contributed by atoms with Gasteiger partial charge < -0.3 is 9.72 Å². The van der Waals surface area contributed by atoms with Crippen molar-refractivity contribution in [3.05, 3.63) is 35.8 Å². The van der Waals surface area contributed by atoms with E-state index in [1.165, 1.54) is 0 Å². The largest absolute Gasteiger partial charge is 0.356 e. The van der Waals surface area contributed by atoms with Crippen molar-refractivity contribution in [3.8, 4) is 0 Å². The summed E-state index contributed by atoms with van der Waals surface area (Å²) in [7, 11) is 0. The summed E-state index contributed by atoms with van der Waals surface area (Å²) >= 11 is 0. The monoisotopic (exact) mass is 259 g/mol. The first-order valence-corrected chi connectivity index (χ1v) is 6.91. The van der Waals surface area contributed by atoms with Crippen LogP contribution < -0.4 is 5.32 Å². The summed E-state index contributed by atoms with van der Waals surface area (Å²) in [6.07, 6.45) is 5.40. The van der Waals surface area contributed by atoms with E-state index in [0.717, 1.165) is 42.8 Å². The maximum atomic E-state index is 11.7. The van der Waals surface area contributed by atoms with E-state index in [-0.39, 0.29) is 5.91 Å². The Balaban J connectivity index is 1.98. The maximum Gasteiger partial charge on any atom is 0.220 e. The molecule has 0 saturated heterocycles. The smallest absolute Gasteiger partial charge is 0.220 e. The van der Waals surface area contributed by atoms with E-state index in [1.807, 2.05) is 31.3 Å². The molecule has 4 nitrogen and oxygen atoms in total. The molecule has 2 aromatic heterocycles. The second-order valence-electron chi connectivity index (χ2n) is 4.78. The number of aromatic nitrogens is 2. The van der Waals surface area contributed by atoms with E-state index in [4.69, 9.17) is 0 Å². The molecule has 0 radical (unpaired) electrons. The lowest BCUT2D eigenvalue weighted by atomic mass is 10.2. The molecule has 0 spiro atoms. The zero-order valence-electron chi connectivity index (χ0n) is 11.6. The topological polar surface area (TPSA) is 46.4 Å². The number of hydrogen-bond donors (Lipinski definition) is 1. The number of nitrogens with one attached hydrogen (secondary N) is 1. The fraction of sp³-hybridized carbons (Fsp3) is 0.467. The fourth-order valence-corrected chi connectivity index (χ4v) is 2.19. The van der Waals surface area contributed by atoms with Gasteiger partial charge in [-0.2, -0.15) is 0 Å². The van der Waals surface area contributed by atoms with Crippen LogP contribution in [0.15, 0.2) is 24.4 Å². The molecule has 0 saturated carbocycles. The lowest BCUT2D eigenvalue weighted by molar-refractivity contribution is -0.121. The van der Waals surface area contributed by atoms with Gasteiger partial charge in [-0.05, 0) is 31.9 Å². The van der Waals surface area contributed by atoms with Crippen LogP contribution in [0.2, 0.25) is 0 Å². The Morgan fingerprint density at radius 2 is 2.26 bits per heavy atom. The molecule has 2 aromatic rings. The van der Waals surface area contributed by atoms with Gasteiger partial charge in [-0.25, -0.2) is 4.98 Å². The number of carbonyl (C=O) groups is 1. The maximum absolute atomic E-state index is 11.7. The Bertz CT molecular complexity index is 560. The Labute approximate surface area is 113 Å². The van der Waals surface area contributed by atoms with E-state index < -0.39 is 0 Å². The number of carbonyl (C=O) groups excluding carboxylic acids is 1. The number of fused-ring (bicyclic) bond motifs is 1. The van der Waals surface area contributed by atoms with Gasteiger partial charge in [0.25, 0.3) is 0 Å². The molecule has 0 aliphatic rings. The Kier molecular flexibility index (Phi) is 4.55. The van der Waals surface area contributed by atoms with Gasteiger partial charge >= 0.3 is 0 Å². The molecule has 2 heterocycles. The minimum absolute atomic E-state index is 0.124. The second-order valence-corrected chi connectivity index (χ2v) is 4.78. The average Bonchev–Trinajstić information content (AvgIpc) is 2.72. The zero-order valence-corrected chi connectivity index (χ0v) is 11.6. The van der Waals surface area contributed by atoms with E-state index in [1.54, 1.807) is 0 Å². The van der Waals surface area contributed by atoms with E-state index >= 15 is 0 Å². The van der Waals surface area contributed by atoms with Gasteiger partial charge in [-0.3, -0.25) is 4.79 Å². The molecule has 0 aliphatic heterocycles. The predicted molar refractivity (Wildman–Crippen MR) is 76.2 cm³/mol. The molecular formula is C15H21N3O. The van der Waals surface area contributed by atoms with Crippen molar-refractivity contribution in [1.82, 2.24) is 14.7 Å². The SMILES string of the molecule is CCCCNC(=O)CCc1c(C)nc2ccccn12. The fourth-order valence-electron chi connectivity index (χ4n) is 2.19. The van der Waals surface area contributed by atoms with Crippen LogP contribution in [0.4, 0.5) is 0 Å². The highest BCUT2D eigenvalue weighted by molar-refractivity contribution is 5.76. The highest BCUT2D eigenvalue weighted by Crippen LogP contribution is 2.13. The van der Waals surface area contributed by atoms with Crippen molar-refractivity contribution in [2.45, 2.75) is 39.5 Å². The molecule has 0 aromatic carbocycles. The van der Waals surface area contributed by atoms with E-state index in [0.29, 0.717) is 6.42 Å². The molecule has 19 heavy (non-hydrogen) atoms. The van der Waals surface area contributed by atoms with E-state index in [2.05, 4.69) is 21.6 Å². The quantitative estimate of drug-likeness (QED) is 0.810. The van der Waals surface area contributed by atoms with Gasteiger partial charge in [0, 0.05) is 24.9 Å². The Morgan fingerprint density at radius 3 is 3.05 bits per heavy atom. The third kappa shape index (κ3) is 3.34. The summed E-state index contributed by atoms with van der Waals surface area (Å²) in [5.41, 5.74) is 3.08. The Morgan fingerprint density at radius 1 is 1.42 bits per heavy atom. The lowest BCUT2D eigenvalue weighted by Gasteiger charge is -2.05. The second kappa shape index (κ2) is 6.36. The van der Waals surface area contributed by atoms with Crippen molar-refractivity contribution in [3.63, 3.8) is 0 Å². The van der Waals surface area contributed by atoms with Gasteiger partial charge in [-0.1, -0.05) is 19.4 Å². The number of rotatable bonds is 6. The van der Waals surface area contributed by atoms with Gasteiger partial charge in [0.15, 0.2) is 0 Å². The molecule has 0 unspecified atom stereocenters. The highest BCUT2D eigenvalue weighted by Gasteiger charge is 2.09. The summed E-state index contributed by atoms with van der Waals surface area (Å²) in [6, 6.07) is 5.94. The number of nitrogens with zero attached hydrogens (tertiary/aromatic N) is 2. The summed E-state index contributed by atoms with van der Waals surface area (Å²) in [5.74, 6) is 0.124. The predicted octanol–water partition coefficient (Wildman–Crippen LogP) is 2.49. The first kappa shape index (κ1) is 13.6. The normalized spacial score (nSPS) is 10.8. The van der Waals surface area contributed by atoms with Crippen LogP contribution in [0, 0.1) is 6.92 Å². The number of aryl methyl sites for hydroxylation is 2. The summed E-state index contributed by atoms with van der Waals surface area (Å²) < 4.78 is 2.06. The number of imidazole rings is 1. The molecule has 2 rings (SSSR count). The summed E-state index contributed by atoms with van der Waals surface area (Å²) in [6.45, 7) is 4.90. The molecule has 0 fully saturated rings. The first-order chi connectivity index (χ1) is 9.22. The number of amides is 1. The van der Waals surface area contributed by atoms with Crippen molar-refractivity contribution >= 4 is 11.6 Å². The number of pyridine rings is 1.